The number of aliphatic carboxylic acids is 2. The first-order valence-corrected chi connectivity index (χ1v) is 2.18. The first-order chi connectivity index (χ1) is 4.80. The van der Waals surface area contributed by atoms with Crippen LogP contribution in [0, 0.1) is 5.89 Å². The minimum absolute atomic E-state index is 0.876. The summed E-state index contributed by atoms with van der Waals surface area (Å²) in [5, 5.41) is 16.5. The Labute approximate surface area is 54.9 Å². The van der Waals surface area contributed by atoms with E-state index in [1.54, 1.807) is 0 Å². The normalized spacial score (nSPS) is 22.8. The van der Waals surface area contributed by atoms with Gasteiger partial charge >= 0.3 is 11.9 Å². The predicted molar refractivity (Wildman–Crippen MR) is 29.1 cm³/mol. The van der Waals surface area contributed by atoms with Gasteiger partial charge in [0.25, 0.3) is 0 Å². The van der Waals surface area contributed by atoms with Gasteiger partial charge in [-0.25, -0.2) is 0 Å². The minimum atomic E-state index is -2.29. The van der Waals surface area contributed by atoms with Crippen LogP contribution in [0.5, 0.6) is 0 Å². The molecule has 9 heavy (non-hydrogen) atoms. The molecule has 0 amide bonds. The van der Waals surface area contributed by atoms with E-state index in [0.29, 0.717) is 0 Å². The molecule has 52 valence electrons. The number of hydrogen-bond donors (Lipinski definition) is 2. The summed E-state index contributed by atoms with van der Waals surface area (Å²) in [5.74, 6) is -5.50. The summed E-state index contributed by atoms with van der Waals surface area (Å²) in [4.78, 5) is 20.3. The van der Waals surface area contributed by atoms with E-state index in [0.717, 1.165) is 6.92 Å². The molecule has 0 rings (SSSR count). The molecule has 2 N–H and O–H groups in total. The van der Waals surface area contributed by atoms with Crippen molar-refractivity contribution in [1.29, 1.82) is 0 Å². The number of carbonyl (C=O) groups is 2. The summed E-state index contributed by atoms with van der Waals surface area (Å²) in [7, 11) is 0. The standard InChI is InChI=1S/C5H8O4/c1-3(5(8)9)2-4(6)7/h3H,2H2,1H3,(H,6,7)(H,8,9)/i2D,3D. The molecule has 0 aromatic heterocycles. The third kappa shape index (κ3) is 3.52. The van der Waals surface area contributed by atoms with Crippen LogP contribution in [-0.4, -0.2) is 22.2 Å². The SMILES string of the molecule is [2H]C(C(=O)O)C([2H])(C)C(=O)O. The summed E-state index contributed by atoms with van der Waals surface area (Å²) in [5.41, 5.74) is 0. The Kier molecular flexibility index (Phi) is 1.63. The average molecular weight is 134 g/mol. The zero-order valence-corrected chi connectivity index (χ0v) is 4.79. The molecule has 0 bridgehead atoms. The van der Waals surface area contributed by atoms with Crippen molar-refractivity contribution in [2.24, 2.45) is 5.89 Å². The third-order valence-corrected chi connectivity index (χ3v) is 0.677. The predicted octanol–water partition coefficient (Wildman–Crippen LogP) is 0.182. The van der Waals surface area contributed by atoms with Crippen molar-refractivity contribution in [3.05, 3.63) is 0 Å². The highest BCUT2D eigenvalue weighted by Crippen LogP contribution is 1.99. The Balaban J connectivity index is 4.55. The highest BCUT2D eigenvalue weighted by atomic mass is 16.4. The molecule has 0 aliphatic rings. The Bertz CT molecular complexity index is 189. The van der Waals surface area contributed by atoms with Gasteiger partial charge in [-0.15, -0.1) is 0 Å². The number of carboxylic acid groups (broad SMARTS) is 2. The molecule has 0 heterocycles. The van der Waals surface area contributed by atoms with Crippen LogP contribution in [0.25, 0.3) is 0 Å². The van der Waals surface area contributed by atoms with E-state index in [4.69, 9.17) is 13.0 Å². The van der Waals surface area contributed by atoms with Gasteiger partial charge in [0.15, 0.2) is 0 Å². The number of carboxylic acids is 2. The molecule has 4 heteroatoms. The fourth-order valence-electron chi connectivity index (χ4n) is 0.247. The van der Waals surface area contributed by atoms with Gasteiger partial charge in [0.2, 0.25) is 0 Å². The molecule has 0 aromatic rings. The van der Waals surface area contributed by atoms with E-state index in [1.165, 1.54) is 0 Å². The van der Waals surface area contributed by atoms with Crippen molar-refractivity contribution in [1.82, 2.24) is 0 Å². The lowest BCUT2D eigenvalue weighted by Crippen LogP contribution is -2.13. The van der Waals surface area contributed by atoms with Gasteiger partial charge in [0.05, 0.1) is 12.3 Å². The van der Waals surface area contributed by atoms with Crippen LogP contribution < -0.4 is 0 Å². The lowest BCUT2D eigenvalue weighted by Gasteiger charge is -1.98. The van der Waals surface area contributed by atoms with E-state index >= 15 is 0 Å². The molecule has 0 saturated carbocycles. The summed E-state index contributed by atoms with van der Waals surface area (Å²) >= 11 is 0. The van der Waals surface area contributed by atoms with E-state index in [-0.39, 0.29) is 0 Å². The van der Waals surface area contributed by atoms with E-state index in [2.05, 4.69) is 0 Å². The Hall–Kier alpha value is -1.06. The lowest BCUT2D eigenvalue weighted by molar-refractivity contribution is -0.147. The maximum atomic E-state index is 10.2. The van der Waals surface area contributed by atoms with Crippen molar-refractivity contribution in [2.45, 2.75) is 13.3 Å². The molecule has 0 spiro atoms. The van der Waals surface area contributed by atoms with Crippen LogP contribution in [0.3, 0.4) is 0 Å². The van der Waals surface area contributed by atoms with Crippen molar-refractivity contribution in [3.63, 3.8) is 0 Å². The van der Waals surface area contributed by atoms with Crippen LogP contribution in [0.4, 0.5) is 0 Å². The molecule has 2 atom stereocenters. The van der Waals surface area contributed by atoms with E-state index in [9.17, 15) is 9.59 Å². The zero-order chi connectivity index (χ0) is 9.23. The molecule has 2 unspecified atom stereocenters. The van der Waals surface area contributed by atoms with Gasteiger partial charge in [-0.2, -0.15) is 0 Å². The molecule has 0 aliphatic heterocycles. The average Bonchev–Trinajstić information content (AvgIpc) is 1.85. The summed E-state index contributed by atoms with van der Waals surface area (Å²) in [6.45, 7) is 0.876. The maximum absolute atomic E-state index is 10.2. The van der Waals surface area contributed by atoms with Crippen molar-refractivity contribution >= 4 is 11.9 Å². The quantitative estimate of drug-likeness (QED) is 0.577. The van der Waals surface area contributed by atoms with Gasteiger partial charge in [0, 0.05) is 2.74 Å². The Morgan fingerprint density at radius 1 is 1.78 bits per heavy atom. The number of rotatable bonds is 3. The second kappa shape index (κ2) is 3.06. The summed E-state index contributed by atoms with van der Waals surface area (Å²) in [6.07, 6.45) is -1.96. The van der Waals surface area contributed by atoms with Gasteiger partial charge in [0.1, 0.15) is 0 Å². The minimum Gasteiger partial charge on any atom is -0.481 e. The summed E-state index contributed by atoms with van der Waals surface area (Å²) < 4.78 is 13.7. The van der Waals surface area contributed by atoms with E-state index in [1.807, 2.05) is 0 Å². The molecule has 0 radical (unpaired) electrons. The zero-order valence-electron chi connectivity index (χ0n) is 6.79. The van der Waals surface area contributed by atoms with Gasteiger partial charge in [-0.3, -0.25) is 9.59 Å². The molecule has 0 aromatic carbocycles. The van der Waals surface area contributed by atoms with Crippen LogP contribution in [0.2, 0.25) is 0 Å². The first kappa shape index (κ1) is 4.78. The van der Waals surface area contributed by atoms with Crippen molar-refractivity contribution < 1.29 is 22.5 Å². The molecule has 0 aliphatic carbocycles. The molecular weight excluding hydrogens is 124 g/mol. The Morgan fingerprint density at radius 3 is 2.33 bits per heavy atom. The second-order valence-corrected chi connectivity index (χ2v) is 1.47. The third-order valence-electron chi connectivity index (χ3n) is 0.677. The van der Waals surface area contributed by atoms with Crippen LogP contribution in [-0.2, 0) is 9.59 Å². The molecular formula is C5H8O4. The smallest absolute Gasteiger partial charge is 0.306 e. The van der Waals surface area contributed by atoms with Gasteiger partial charge in [-0.1, -0.05) is 6.92 Å². The van der Waals surface area contributed by atoms with Gasteiger partial charge in [-0.05, 0) is 0 Å². The molecule has 4 nitrogen and oxygen atoms in total. The topological polar surface area (TPSA) is 74.6 Å². The monoisotopic (exact) mass is 134 g/mol. The van der Waals surface area contributed by atoms with Crippen LogP contribution in [0.1, 0.15) is 16.1 Å². The van der Waals surface area contributed by atoms with Crippen molar-refractivity contribution in [3.8, 4) is 0 Å². The van der Waals surface area contributed by atoms with Crippen LogP contribution >= 0.6 is 0 Å². The highest BCUT2D eigenvalue weighted by Gasteiger charge is 2.13. The maximum Gasteiger partial charge on any atom is 0.306 e. The van der Waals surface area contributed by atoms with Crippen molar-refractivity contribution in [2.75, 3.05) is 0 Å². The number of hydrogen-bond acceptors (Lipinski definition) is 2. The summed E-state index contributed by atoms with van der Waals surface area (Å²) in [6, 6.07) is 0. The van der Waals surface area contributed by atoms with E-state index < -0.39 is 24.2 Å². The Morgan fingerprint density at radius 2 is 2.22 bits per heavy atom. The lowest BCUT2D eigenvalue weighted by atomic mass is 10.1. The molecule has 0 fully saturated rings. The first-order valence-electron chi connectivity index (χ1n) is 3.26. The fourth-order valence-corrected chi connectivity index (χ4v) is 0.247. The fraction of sp³-hybridized carbons (Fsp3) is 0.600. The van der Waals surface area contributed by atoms with Crippen LogP contribution in [0.15, 0.2) is 0 Å². The second-order valence-electron chi connectivity index (χ2n) is 1.47. The van der Waals surface area contributed by atoms with Gasteiger partial charge < -0.3 is 10.2 Å². The molecule has 0 saturated heterocycles. The highest BCUT2D eigenvalue weighted by molar-refractivity contribution is 5.77. The largest absolute Gasteiger partial charge is 0.481 e.